The number of nitrogens with zero attached hydrogens (tertiary/aromatic N) is 1. The second-order valence-electron chi connectivity index (χ2n) is 6.41. The topological polar surface area (TPSA) is 75.7 Å². The van der Waals surface area contributed by atoms with E-state index in [9.17, 15) is 13.2 Å². The Bertz CT molecular complexity index is 885. The molecule has 0 atom stereocenters. The van der Waals surface area contributed by atoms with Crippen LogP contribution in [0.5, 0.6) is 0 Å². The second-order valence-corrected chi connectivity index (χ2v) is 8.79. The van der Waals surface area contributed by atoms with Crippen LogP contribution in [-0.4, -0.2) is 45.4 Å². The van der Waals surface area contributed by atoms with Gasteiger partial charge in [-0.1, -0.05) is 41.4 Å². The van der Waals surface area contributed by atoms with Crippen LogP contribution in [0.1, 0.15) is 17.5 Å². The molecule has 6 nitrogen and oxygen atoms in total. The van der Waals surface area contributed by atoms with Gasteiger partial charge < -0.3 is 10.1 Å². The van der Waals surface area contributed by atoms with Gasteiger partial charge in [0, 0.05) is 31.8 Å². The number of hydrogen-bond donors (Lipinski definition) is 1. The molecule has 0 radical (unpaired) electrons. The number of halogens is 1. The van der Waals surface area contributed by atoms with Gasteiger partial charge in [0.05, 0.1) is 11.4 Å². The first-order valence-electron chi connectivity index (χ1n) is 8.90. The number of nitrogens with one attached hydrogen (secondary N) is 1. The van der Waals surface area contributed by atoms with E-state index >= 15 is 0 Å². The van der Waals surface area contributed by atoms with Crippen molar-refractivity contribution in [3.05, 3.63) is 64.7 Å². The van der Waals surface area contributed by atoms with Gasteiger partial charge in [-0.25, -0.2) is 8.42 Å². The van der Waals surface area contributed by atoms with Gasteiger partial charge in [-0.05, 0) is 43.2 Å². The lowest BCUT2D eigenvalue weighted by Crippen LogP contribution is -2.40. The van der Waals surface area contributed by atoms with Crippen LogP contribution in [0.15, 0.2) is 53.4 Å². The molecule has 0 spiro atoms. The summed E-state index contributed by atoms with van der Waals surface area (Å²) in [6.45, 7) is 2.59. The molecule has 28 heavy (non-hydrogen) atoms. The largest absolute Gasteiger partial charge is 0.385 e. The van der Waals surface area contributed by atoms with Crippen LogP contribution in [0, 0.1) is 6.92 Å². The number of hydrogen-bond acceptors (Lipinski definition) is 4. The number of aryl methyl sites for hydroxylation is 1. The van der Waals surface area contributed by atoms with Crippen molar-refractivity contribution in [2.45, 2.75) is 24.8 Å². The molecule has 0 saturated heterocycles. The summed E-state index contributed by atoms with van der Waals surface area (Å²) in [4.78, 5) is 12.5. The van der Waals surface area contributed by atoms with Gasteiger partial charge in [-0.2, -0.15) is 4.31 Å². The van der Waals surface area contributed by atoms with Gasteiger partial charge in [0.15, 0.2) is 0 Å². The molecular weight excluding hydrogens is 400 g/mol. The Kier molecular flexibility index (Phi) is 8.44. The minimum atomic E-state index is -3.85. The first-order valence-corrected chi connectivity index (χ1v) is 10.7. The molecule has 1 amide bonds. The molecule has 8 heteroatoms. The predicted octanol–water partition coefficient (Wildman–Crippen LogP) is 2.99. The number of ether oxygens (including phenoxy) is 1. The SMILES string of the molecule is COCCCNC(=O)CN(Cc1cccc(Cl)c1)S(=O)(=O)c1ccc(C)cc1. The number of carbonyl (C=O) groups is 1. The maximum Gasteiger partial charge on any atom is 0.243 e. The highest BCUT2D eigenvalue weighted by Gasteiger charge is 2.26. The Labute approximate surface area is 171 Å². The molecule has 0 saturated carbocycles. The van der Waals surface area contributed by atoms with E-state index in [1.54, 1.807) is 55.6 Å². The number of methoxy groups -OCH3 is 1. The zero-order valence-corrected chi connectivity index (χ0v) is 17.6. The standard InChI is InChI=1S/C20H25ClN2O4S/c1-16-7-9-19(10-8-16)28(25,26)23(14-17-5-3-6-18(21)13-17)15-20(24)22-11-4-12-27-2/h3,5-10,13H,4,11-12,14-15H2,1-2H3,(H,22,24). The summed E-state index contributed by atoms with van der Waals surface area (Å²) >= 11 is 6.02. The molecule has 0 bridgehead atoms. The lowest BCUT2D eigenvalue weighted by molar-refractivity contribution is -0.121. The van der Waals surface area contributed by atoms with Gasteiger partial charge in [0.2, 0.25) is 15.9 Å². The fraction of sp³-hybridized carbons (Fsp3) is 0.350. The molecular formula is C20H25ClN2O4S. The summed E-state index contributed by atoms with van der Waals surface area (Å²) < 4.78 is 32.4. The Morgan fingerprint density at radius 1 is 1.18 bits per heavy atom. The van der Waals surface area contributed by atoms with Crippen LogP contribution in [0.2, 0.25) is 5.02 Å². The van der Waals surface area contributed by atoms with Crippen LogP contribution in [0.4, 0.5) is 0 Å². The third-order valence-electron chi connectivity index (χ3n) is 4.07. The minimum absolute atomic E-state index is 0.0439. The monoisotopic (exact) mass is 424 g/mol. The average Bonchev–Trinajstić information content (AvgIpc) is 2.65. The van der Waals surface area contributed by atoms with Crippen LogP contribution < -0.4 is 5.32 Å². The first kappa shape index (κ1) is 22.4. The van der Waals surface area contributed by atoms with Crippen molar-refractivity contribution >= 4 is 27.5 Å². The normalized spacial score (nSPS) is 11.6. The quantitative estimate of drug-likeness (QED) is 0.595. The second kappa shape index (κ2) is 10.6. The smallest absolute Gasteiger partial charge is 0.243 e. The lowest BCUT2D eigenvalue weighted by atomic mass is 10.2. The van der Waals surface area contributed by atoms with Crippen LogP contribution in [0.25, 0.3) is 0 Å². The lowest BCUT2D eigenvalue weighted by Gasteiger charge is -2.22. The summed E-state index contributed by atoms with van der Waals surface area (Å²) in [6.07, 6.45) is 0.654. The maximum atomic E-state index is 13.1. The van der Waals surface area contributed by atoms with E-state index in [0.29, 0.717) is 30.2 Å². The number of amides is 1. The van der Waals surface area contributed by atoms with E-state index in [1.807, 2.05) is 6.92 Å². The van der Waals surface area contributed by atoms with Crippen molar-refractivity contribution in [2.75, 3.05) is 26.8 Å². The zero-order valence-electron chi connectivity index (χ0n) is 16.0. The summed E-state index contributed by atoms with van der Waals surface area (Å²) in [5.74, 6) is -0.367. The number of carbonyl (C=O) groups excluding carboxylic acids is 1. The van der Waals surface area contributed by atoms with Crippen LogP contribution >= 0.6 is 11.6 Å². The van der Waals surface area contributed by atoms with Gasteiger partial charge in [-0.15, -0.1) is 0 Å². The van der Waals surface area contributed by atoms with Gasteiger partial charge in [0.25, 0.3) is 0 Å². The van der Waals surface area contributed by atoms with Crippen molar-refractivity contribution in [1.29, 1.82) is 0 Å². The van der Waals surface area contributed by atoms with Crippen LogP contribution in [0.3, 0.4) is 0 Å². The first-order chi connectivity index (χ1) is 13.3. The molecule has 2 rings (SSSR count). The molecule has 0 heterocycles. The van der Waals surface area contributed by atoms with Gasteiger partial charge in [0.1, 0.15) is 0 Å². The fourth-order valence-corrected chi connectivity index (χ4v) is 4.18. The highest BCUT2D eigenvalue weighted by molar-refractivity contribution is 7.89. The molecule has 1 N–H and O–H groups in total. The molecule has 152 valence electrons. The van der Waals surface area contributed by atoms with Crippen molar-refractivity contribution in [1.82, 2.24) is 9.62 Å². The molecule has 2 aromatic carbocycles. The highest BCUT2D eigenvalue weighted by Crippen LogP contribution is 2.20. The van der Waals surface area contributed by atoms with Crippen molar-refractivity contribution in [3.8, 4) is 0 Å². The molecule has 0 aromatic heterocycles. The van der Waals surface area contributed by atoms with Crippen molar-refractivity contribution < 1.29 is 17.9 Å². The zero-order chi connectivity index (χ0) is 20.6. The Hall–Kier alpha value is -1.93. The maximum absolute atomic E-state index is 13.1. The minimum Gasteiger partial charge on any atom is -0.385 e. The van der Waals surface area contributed by atoms with E-state index in [4.69, 9.17) is 16.3 Å². The average molecular weight is 425 g/mol. The van der Waals surface area contributed by atoms with E-state index in [0.717, 1.165) is 9.87 Å². The highest BCUT2D eigenvalue weighted by atomic mass is 35.5. The number of rotatable bonds is 10. The predicted molar refractivity (Wildman–Crippen MR) is 110 cm³/mol. The Morgan fingerprint density at radius 2 is 1.89 bits per heavy atom. The summed E-state index contributed by atoms with van der Waals surface area (Å²) in [5, 5.41) is 3.24. The Balaban J connectivity index is 2.22. The van der Waals surface area contributed by atoms with Crippen molar-refractivity contribution in [2.24, 2.45) is 0 Å². The summed E-state index contributed by atoms with van der Waals surface area (Å²) in [7, 11) is -2.27. The molecule has 0 fully saturated rings. The molecule has 2 aromatic rings. The van der Waals surface area contributed by atoms with Gasteiger partial charge in [-0.3, -0.25) is 4.79 Å². The molecule has 0 aliphatic rings. The molecule has 0 aliphatic heterocycles. The molecule has 0 unspecified atom stereocenters. The third kappa shape index (κ3) is 6.60. The molecule has 0 aliphatic carbocycles. The fourth-order valence-electron chi connectivity index (χ4n) is 2.58. The van der Waals surface area contributed by atoms with Gasteiger partial charge >= 0.3 is 0 Å². The third-order valence-corrected chi connectivity index (χ3v) is 6.12. The Morgan fingerprint density at radius 3 is 2.54 bits per heavy atom. The van der Waals surface area contributed by atoms with Crippen LogP contribution in [-0.2, 0) is 26.1 Å². The summed E-state index contributed by atoms with van der Waals surface area (Å²) in [5.41, 5.74) is 1.66. The van der Waals surface area contributed by atoms with E-state index in [-0.39, 0.29) is 23.9 Å². The van der Waals surface area contributed by atoms with E-state index in [2.05, 4.69) is 5.32 Å². The van der Waals surface area contributed by atoms with E-state index < -0.39 is 10.0 Å². The number of benzene rings is 2. The summed E-state index contributed by atoms with van der Waals surface area (Å²) in [6, 6.07) is 13.5. The van der Waals surface area contributed by atoms with Crippen molar-refractivity contribution in [3.63, 3.8) is 0 Å². The number of sulfonamides is 1. The van der Waals surface area contributed by atoms with E-state index in [1.165, 1.54) is 0 Å².